The number of hydrogen-bond acceptors (Lipinski definition) is 4. The number of carbonyl (C=O) groups is 1. The molecule has 3 aromatic rings. The van der Waals surface area contributed by atoms with E-state index in [1.807, 2.05) is 35.2 Å². The lowest BCUT2D eigenvalue weighted by Crippen LogP contribution is -2.41. The lowest BCUT2D eigenvalue weighted by Gasteiger charge is -2.31. The molecule has 1 amide bonds. The van der Waals surface area contributed by atoms with Crippen LogP contribution in [-0.2, 0) is 0 Å². The summed E-state index contributed by atoms with van der Waals surface area (Å²) in [5, 5.41) is 4.84. The van der Waals surface area contributed by atoms with Crippen LogP contribution in [0.5, 0.6) is 5.75 Å². The van der Waals surface area contributed by atoms with E-state index in [-0.39, 0.29) is 12.0 Å². The molecule has 6 nitrogen and oxygen atoms in total. The van der Waals surface area contributed by atoms with Crippen LogP contribution in [0.4, 0.5) is 0 Å². The van der Waals surface area contributed by atoms with E-state index in [0.29, 0.717) is 29.5 Å². The molecule has 7 heteroatoms. The van der Waals surface area contributed by atoms with Gasteiger partial charge in [0.2, 0.25) is 0 Å². The van der Waals surface area contributed by atoms with Crippen LogP contribution in [0.25, 0.3) is 5.65 Å². The van der Waals surface area contributed by atoms with Crippen LogP contribution in [0.1, 0.15) is 23.3 Å². The number of amides is 1. The molecule has 1 aliphatic rings. The van der Waals surface area contributed by atoms with Crippen LogP contribution in [-0.4, -0.2) is 44.6 Å². The Labute approximate surface area is 150 Å². The molecule has 0 radical (unpaired) electrons. The third kappa shape index (κ3) is 3.44. The van der Waals surface area contributed by atoms with Crippen molar-refractivity contribution in [2.45, 2.75) is 18.9 Å². The van der Waals surface area contributed by atoms with Crippen molar-refractivity contribution in [3.8, 4) is 5.75 Å². The second-order valence-corrected chi connectivity index (χ2v) is 6.45. The van der Waals surface area contributed by atoms with E-state index in [1.165, 1.54) is 0 Å². The maximum absolute atomic E-state index is 12.6. The van der Waals surface area contributed by atoms with Crippen molar-refractivity contribution in [2.75, 3.05) is 13.1 Å². The monoisotopic (exact) mass is 356 g/mol. The van der Waals surface area contributed by atoms with Crippen LogP contribution in [0.3, 0.4) is 0 Å². The number of likely N-dealkylation sites (tertiary alicyclic amines) is 1. The predicted octanol–water partition coefficient (Wildman–Crippen LogP) is 3.07. The fourth-order valence-electron chi connectivity index (χ4n) is 2.98. The molecule has 0 N–H and O–H groups in total. The summed E-state index contributed by atoms with van der Waals surface area (Å²) in [6, 6.07) is 11.0. The molecule has 1 fully saturated rings. The Morgan fingerprint density at radius 1 is 1.16 bits per heavy atom. The normalized spacial score (nSPS) is 15.5. The Morgan fingerprint density at radius 3 is 2.64 bits per heavy atom. The van der Waals surface area contributed by atoms with Gasteiger partial charge in [-0.15, -0.1) is 0 Å². The molecule has 0 aliphatic carbocycles. The van der Waals surface area contributed by atoms with E-state index < -0.39 is 0 Å². The summed E-state index contributed by atoms with van der Waals surface area (Å²) in [4.78, 5) is 18.8. The van der Waals surface area contributed by atoms with Gasteiger partial charge in [0.15, 0.2) is 5.65 Å². The molecule has 0 bridgehead atoms. The second kappa shape index (κ2) is 6.72. The molecule has 0 unspecified atom stereocenters. The fraction of sp³-hybridized carbons (Fsp3) is 0.278. The van der Waals surface area contributed by atoms with E-state index in [9.17, 15) is 4.79 Å². The summed E-state index contributed by atoms with van der Waals surface area (Å²) >= 11 is 5.88. The summed E-state index contributed by atoms with van der Waals surface area (Å²) in [7, 11) is 0. The average Bonchev–Trinajstić information content (AvgIpc) is 3.08. The van der Waals surface area contributed by atoms with Gasteiger partial charge in [0.1, 0.15) is 17.5 Å². The predicted molar refractivity (Wildman–Crippen MR) is 94.0 cm³/mol. The minimum atomic E-state index is -0.0598. The summed E-state index contributed by atoms with van der Waals surface area (Å²) < 4.78 is 7.58. The molecular weight excluding hydrogens is 340 g/mol. The number of piperidine rings is 1. The number of carbonyl (C=O) groups excluding carboxylic acids is 1. The molecule has 25 heavy (non-hydrogen) atoms. The van der Waals surface area contributed by atoms with Gasteiger partial charge in [-0.2, -0.15) is 5.10 Å². The molecule has 1 aromatic carbocycles. The quantitative estimate of drug-likeness (QED) is 0.723. The number of nitrogens with zero attached hydrogens (tertiary/aromatic N) is 4. The van der Waals surface area contributed by atoms with Crippen molar-refractivity contribution in [1.29, 1.82) is 0 Å². The highest BCUT2D eigenvalue weighted by molar-refractivity contribution is 6.30. The molecule has 1 saturated heterocycles. The van der Waals surface area contributed by atoms with E-state index in [1.54, 1.807) is 23.0 Å². The van der Waals surface area contributed by atoms with E-state index in [4.69, 9.17) is 16.3 Å². The first-order valence-corrected chi connectivity index (χ1v) is 8.59. The molecule has 0 spiro atoms. The van der Waals surface area contributed by atoms with Crippen molar-refractivity contribution < 1.29 is 9.53 Å². The summed E-state index contributed by atoms with van der Waals surface area (Å²) in [5.74, 6) is 0.746. The van der Waals surface area contributed by atoms with Crippen LogP contribution in [0.2, 0.25) is 5.02 Å². The summed E-state index contributed by atoms with van der Waals surface area (Å²) in [6.45, 7) is 1.30. The minimum Gasteiger partial charge on any atom is -0.490 e. The van der Waals surface area contributed by atoms with E-state index in [2.05, 4.69) is 10.1 Å². The van der Waals surface area contributed by atoms with Gasteiger partial charge in [-0.25, -0.2) is 9.50 Å². The fourth-order valence-corrected chi connectivity index (χ4v) is 3.10. The Bertz CT molecular complexity index is 852. The third-order valence-corrected chi connectivity index (χ3v) is 4.55. The van der Waals surface area contributed by atoms with Gasteiger partial charge >= 0.3 is 0 Å². The highest BCUT2D eigenvalue weighted by atomic mass is 35.5. The Balaban J connectivity index is 1.37. The maximum atomic E-state index is 12.6. The van der Waals surface area contributed by atoms with Crippen molar-refractivity contribution in [3.05, 3.63) is 59.5 Å². The molecule has 2 aromatic heterocycles. The van der Waals surface area contributed by atoms with E-state index >= 15 is 0 Å². The number of ether oxygens (including phenoxy) is 1. The number of halogens is 1. The van der Waals surface area contributed by atoms with Gasteiger partial charge < -0.3 is 9.64 Å². The zero-order chi connectivity index (χ0) is 17.2. The lowest BCUT2D eigenvalue weighted by molar-refractivity contribution is 0.0591. The van der Waals surface area contributed by atoms with Gasteiger partial charge in [-0.1, -0.05) is 11.6 Å². The van der Waals surface area contributed by atoms with E-state index in [0.717, 1.165) is 18.6 Å². The van der Waals surface area contributed by atoms with Crippen molar-refractivity contribution in [1.82, 2.24) is 19.5 Å². The van der Waals surface area contributed by atoms with Gasteiger partial charge in [-0.3, -0.25) is 4.79 Å². The van der Waals surface area contributed by atoms with Gasteiger partial charge in [0.05, 0.1) is 6.20 Å². The highest BCUT2D eigenvalue weighted by Gasteiger charge is 2.26. The van der Waals surface area contributed by atoms with Gasteiger partial charge in [0, 0.05) is 37.2 Å². The lowest BCUT2D eigenvalue weighted by atomic mass is 10.1. The second-order valence-electron chi connectivity index (χ2n) is 6.02. The topological polar surface area (TPSA) is 59.7 Å². The van der Waals surface area contributed by atoms with Crippen LogP contribution < -0.4 is 4.74 Å². The number of fused-ring (bicyclic) bond motifs is 1. The third-order valence-electron chi connectivity index (χ3n) is 4.30. The Kier molecular flexibility index (Phi) is 4.28. The van der Waals surface area contributed by atoms with Crippen LogP contribution in [0.15, 0.2) is 48.8 Å². The minimum absolute atomic E-state index is 0.0598. The number of rotatable bonds is 3. The Morgan fingerprint density at radius 2 is 1.92 bits per heavy atom. The van der Waals surface area contributed by atoms with Gasteiger partial charge in [0.25, 0.3) is 5.91 Å². The maximum Gasteiger partial charge on any atom is 0.274 e. The SMILES string of the molecule is O=C(c1cn2ncccc2n1)N1CCC(Oc2ccc(Cl)cc2)CC1. The molecule has 128 valence electrons. The summed E-state index contributed by atoms with van der Waals surface area (Å²) in [5.41, 5.74) is 1.10. The summed E-state index contributed by atoms with van der Waals surface area (Å²) in [6.07, 6.45) is 5.03. The molecular formula is C18H17ClN4O2. The number of benzene rings is 1. The van der Waals surface area contributed by atoms with Crippen molar-refractivity contribution >= 4 is 23.2 Å². The zero-order valence-electron chi connectivity index (χ0n) is 13.5. The zero-order valence-corrected chi connectivity index (χ0v) is 14.3. The molecule has 3 heterocycles. The molecule has 4 rings (SSSR count). The largest absolute Gasteiger partial charge is 0.490 e. The number of imidazole rings is 1. The molecule has 0 atom stereocenters. The standard InChI is InChI=1S/C18H17ClN4O2/c19-13-3-5-14(6-4-13)25-15-7-10-22(11-8-15)18(24)16-12-23-17(21-16)2-1-9-20-23/h1-6,9,12,15H,7-8,10-11H2. The average molecular weight is 357 g/mol. The first kappa shape index (κ1) is 15.9. The van der Waals surface area contributed by atoms with Gasteiger partial charge in [-0.05, 0) is 36.4 Å². The number of aromatic nitrogens is 3. The number of hydrogen-bond donors (Lipinski definition) is 0. The smallest absolute Gasteiger partial charge is 0.274 e. The van der Waals surface area contributed by atoms with Crippen molar-refractivity contribution in [3.63, 3.8) is 0 Å². The highest BCUT2D eigenvalue weighted by Crippen LogP contribution is 2.21. The van der Waals surface area contributed by atoms with Crippen LogP contribution in [0, 0.1) is 0 Å². The Hall–Kier alpha value is -2.60. The molecule has 1 aliphatic heterocycles. The molecule has 0 saturated carbocycles. The van der Waals surface area contributed by atoms with Crippen LogP contribution >= 0.6 is 11.6 Å². The van der Waals surface area contributed by atoms with Crippen molar-refractivity contribution in [2.24, 2.45) is 0 Å². The first-order valence-electron chi connectivity index (χ1n) is 8.21. The first-order chi connectivity index (χ1) is 12.2.